The molecule has 1 amide bonds. The van der Waals surface area contributed by atoms with E-state index >= 15 is 0 Å². The average Bonchev–Trinajstić information content (AvgIpc) is 3.12. The first-order chi connectivity index (χ1) is 9.74. The average molecular weight is 291 g/mol. The summed E-state index contributed by atoms with van der Waals surface area (Å²) in [5, 5.41) is 10.9. The summed E-state index contributed by atoms with van der Waals surface area (Å²) in [5.41, 5.74) is 1.46. The first-order valence-corrected chi connectivity index (χ1v) is 6.95. The Morgan fingerprint density at radius 1 is 1.50 bits per heavy atom. The van der Waals surface area contributed by atoms with Crippen molar-refractivity contribution in [1.29, 1.82) is 0 Å². The number of halogens is 1. The predicted molar refractivity (Wildman–Crippen MR) is 78.2 cm³/mol. The summed E-state index contributed by atoms with van der Waals surface area (Å²) < 4.78 is 1.70. The van der Waals surface area contributed by atoms with Gasteiger partial charge in [-0.25, -0.2) is 4.68 Å². The van der Waals surface area contributed by atoms with E-state index < -0.39 is 0 Å². The molecule has 0 radical (unpaired) electrons. The second-order valence-electron chi connectivity index (χ2n) is 4.75. The fourth-order valence-corrected chi connectivity index (χ4v) is 2.52. The minimum atomic E-state index is -0.126. The fraction of sp³-hybridized carbons (Fsp3) is 0.286. The molecule has 0 spiro atoms. The van der Waals surface area contributed by atoms with E-state index in [1.54, 1.807) is 23.0 Å². The van der Waals surface area contributed by atoms with Crippen LogP contribution in [0, 0.1) is 0 Å². The molecule has 1 aromatic heterocycles. The van der Waals surface area contributed by atoms with Crippen LogP contribution in [0.15, 0.2) is 36.7 Å². The van der Waals surface area contributed by atoms with Crippen LogP contribution >= 0.6 is 11.6 Å². The number of nitrogens with zero attached hydrogens (tertiary/aromatic N) is 2. The van der Waals surface area contributed by atoms with Gasteiger partial charge < -0.3 is 10.6 Å². The number of benzene rings is 1. The molecular formula is C14H15ClN4O. The summed E-state index contributed by atoms with van der Waals surface area (Å²) in [6.45, 7) is 0.889. The van der Waals surface area contributed by atoms with Crippen LogP contribution in [0.5, 0.6) is 0 Å². The zero-order chi connectivity index (χ0) is 13.9. The highest BCUT2D eigenvalue weighted by Gasteiger charge is 2.22. The molecule has 2 heterocycles. The van der Waals surface area contributed by atoms with E-state index in [1.807, 2.05) is 18.3 Å². The number of amides is 1. The highest BCUT2D eigenvalue weighted by Crippen LogP contribution is 2.24. The molecule has 20 heavy (non-hydrogen) atoms. The van der Waals surface area contributed by atoms with E-state index in [2.05, 4.69) is 15.7 Å². The first-order valence-electron chi connectivity index (χ1n) is 6.58. The Balaban J connectivity index is 1.87. The third-order valence-corrected chi connectivity index (χ3v) is 3.58. The van der Waals surface area contributed by atoms with Gasteiger partial charge in [-0.15, -0.1) is 0 Å². The minimum Gasteiger partial charge on any atom is -0.323 e. The molecule has 1 aromatic carbocycles. The van der Waals surface area contributed by atoms with Crippen molar-refractivity contribution in [2.75, 3.05) is 11.9 Å². The van der Waals surface area contributed by atoms with Crippen molar-refractivity contribution in [2.24, 2.45) is 0 Å². The van der Waals surface area contributed by atoms with E-state index in [1.165, 1.54) is 0 Å². The molecule has 3 rings (SSSR count). The van der Waals surface area contributed by atoms with Crippen LogP contribution in [0.4, 0.5) is 5.69 Å². The van der Waals surface area contributed by atoms with Crippen LogP contribution in [-0.4, -0.2) is 28.3 Å². The number of aromatic nitrogens is 2. The van der Waals surface area contributed by atoms with Gasteiger partial charge in [0, 0.05) is 17.4 Å². The van der Waals surface area contributed by atoms with Gasteiger partial charge in [0.15, 0.2) is 0 Å². The van der Waals surface area contributed by atoms with E-state index in [0.29, 0.717) is 10.7 Å². The number of carbonyl (C=O) groups is 1. The molecule has 2 aromatic rings. The van der Waals surface area contributed by atoms with Crippen molar-refractivity contribution in [3.05, 3.63) is 41.7 Å². The SMILES string of the molecule is O=C(Nc1cc(Cl)ccc1-n1cccn1)[C@@H]1CCCN1. The summed E-state index contributed by atoms with van der Waals surface area (Å²) in [5.74, 6) is -0.0295. The van der Waals surface area contributed by atoms with Gasteiger partial charge in [0.2, 0.25) is 5.91 Å². The van der Waals surface area contributed by atoms with E-state index in [-0.39, 0.29) is 11.9 Å². The van der Waals surface area contributed by atoms with E-state index in [9.17, 15) is 4.79 Å². The monoisotopic (exact) mass is 290 g/mol. The molecule has 6 heteroatoms. The Morgan fingerprint density at radius 3 is 3.10 bits per heavy atom. The quantitative estimate of drug-likeness (QED) is 0.911. The van der Waals surface area contributed by atoms with Gasteiger partial charge in [-0.1, -0.05) is 11.6 Å². The molecule has 1 saturated heterocycles. The number of nitrogens with one attached hydrogen (secondary N) is 2. The fourth-order valence-electron chi connectivity index (χ4n) is 2.35. The highest BCUT2D eigenvalue weighted by atomic mass is 35.5. The molecular weight excluding hydrogens is 276 g/mol. The van der Waals surface area contributed by atoms with E-state index in [0.717, 1.165) is 25.1 Å². The van der Waals surface area contributed by atoms with Gasteiger partial charge >= 0.3 is 0 Å². The molecule has 0 bridgehead atoms. The molecule has 1 aliphatic heterocycles. The van der Waals surface area contributed by atoms with Crippen molar-refractivity contribution in [1.82, 2.24) is 15.1 Å². The largest absolute Gasteiger partial charge is 0.323 e. The van der Waals surface area contributed by atoms with Crippen molar-refractivity contribution in [3.8, 4) is 5.69 Å². The van der Waals surface area contributed by atoms with Gasteiger partial charge in [0.1, 0.15) is 0 Å². The van der Waals surface area contributed by atoms with Crippen LogP contribution in [0.25, 0.3) is 5.69 Å². The Hall–Kier alpha value is -1.85. The van der Waals surface area contributed by atoms with Crippen molar-refractivity contribution >= 4 is 23.2 Å². The molecule has 0 aliphatic carbocycles. The van der Waals surface area contributed by atoms with Gasteiger partial charge in [0.05, 0.1) is 17.4 Å². The normalized spacial score (nSPS) is 18.1. The van der Waals surface area contributed by atoms with Crippen LogP contribution in [-0.2, 0) is 4.79 Å². The second-order valence-corrected chi connectivity index (χ2v) is 5.19. The standard InChI is InChI=1S/C14H15ClN4O/c15-10-4-5-13(19-8-2-7-17-19)12(9-10)18-14(20)11-3-1-6-16-11/h2,4-5,7-9,11,16H,1,3,6H2,(H,18,20)/t11-/m0/s1. The third kappa shape index (κ3) is 2.69. The molecule has 1 aliphatic rings. The molecule has 1 fully saturated rings. The number of hydrogen-bond acceptors (Lipinski definition) is 3. The summed E-state index contributed by atoms with van der Waals surface area (Å²) in [4.78, 5) is 12.2. The van der Waals surface area contributed by atoms with Crippen LogP contribution in [0.2, 0.25) is 5.02 Å². The molecule has 2 N–H and O–H groups in total. The molecule has 104 valence electrons. The Morgan fingerprint density at radius 2 is 2.40 bits per heavy atom. The lowest BCUT2D eigenvalue weighted by Gasteiger charge is -2.14. The lowest BCUT2D eigenvalue weighted by atomic mass is 10.2. The smallest absolute Gasteiger partial charge is 0.241 e. The van der Waals surface area contributed by atoms with Gasteiger partial charge in [-0.05, 0) is 43.7 Å². The van der Waals surface area contributed by atoms with Gasteiger partial charge in [-0.3, -0.25) is 4.79 Å². The van der Waals surface area contributed by atoms with Crippen LogP contribution in [0.1, 0.15) is 12.8 Å². The van der Waals surface area contributed by atoms with Gasteiger partial charge in [-0.2, -0.15) is 5.10 Å². The zero-order valence-corrected chi connectivity index (χ0v) is 11.6. The number of anilines is 1. The molecule has 0 saturated carbocycles. The van der Waals surface area contributed by atoms with Gasteiger partial charge in [0.25, 0.3) is 0 Å². The zero-order valence-electron chi connectivity index (χ0n) is 10.8. The lowest BCUT2D eigenvalue weighted by Crippen LogP contribution is -2.35. The topological polar surface area (TPSA) is 59.0 Å². The molecule has 1 atom stereocenters. The Kier molecular flexibility index (Phi) is 3.71. The maximum atomic E-state index is 12.2. The molecule has 5 nitrogen and oxygen atoms in total. The summed E-state index contributed by atoms with van der Waals surface area (Å²) in [7, 11) is 0. The predicted octanol–water partition coefficient (Wildman–Crippen LogP) is 2.22. The van der Waals surface area contributed by atoms with Crippen LogP contribution in [0.3, 0.4) is 0 Å². The third-order valence-electron chi connectivity index (χ3n) is 3.34. The lowest BCUT2D eigenvalue weighted by molar-refractivity contribution is -0.117. The maximum Gasteiger partial charge on any atom is 0.241 e. The number of rotatable bonds is 3. The van der Waals surface area contributed by atoms with E-state index in [4.69, 9.17) is 11.6 Å². The highest BCUT2D eigenvalue weighted by molar-refractivity contribution is 6.31. The summed E-state index contributed by atoms with van der Waals surface area (Å²) >= 11 is 6.02. The second kappa shape index (κ2) is 5.64. The maximum absolute atomic E-state index is 12.2. The minimum absolute atomic E-state index is 0.0295. The number of carbonyl (C=O) groups excluding carboxylic acids is 1. The summed E-state index contributed by atoms with van der Waals surface area (Å²) in [6.07, 6.45) is 5.41. The van der Waals surface area contributed by atoms with Crippen molar-refractivity contribution < 1.29 is 4.79 Å². The molecule has 0 unspecified atom stereocenters. The Labute approximate surface area is 121 Å². The number of hydrogen-bond donors (Lipinski definition) is 2. The van der Waals surface area contributed by atoms with Crippen molar-refractivity contribution in [3.63, 3.8) is 0 Å². The van der Waals surface area contributed by atoms with Crippen molar-refractivity contribution in [2.45, 2.75) is 18.9 Å². The Bertz CT molecular complexity index is 606. The summed E-state index contributed by atoms with van der Waals surface area (Å²) in [6, 6.07) is 7.07. The first kappa shape index (κ1) is 13.1. The van der Waals surface area contributed by atoms with Crippen LogP contribution < -0.4 is 10.6 Å².